The fourth-order valence-corrected chi connectivity index (χ4v) is 2.13. The van der Waals surface area contributed by atoms with Crippen LogP contribution in [0, 0.1) is 0 Å². The van der Waals surface area contributed by atoms with E-state index in [0.717, 1.165) is 5.56 Å². The summed E-state index contributed by atoms with van der Waals surface area (Å²) in [6.45, 7) is 1.37. The van der Waals surface area contributed by atoms with Crippen molar-refractivity contribution in [2.75, 3.05) is 7.11 Å². The lowest BCUT2D eigenvalue weighted by Gasteiger charge is -2.16. The molecule has 0 fully saturated rings. The number of aryl methyl sites for hydroxylation is 1. The molecule has 0 radical (unpaired) electrons. The van der Waals surface area contributed by atoms with Gasteiger partial charge in [0.25, 0.3) is 0 Å². The van der Waals surface area contributed by atoms with Crippen molar-refractivity contribution < 1.29 is 19.4 Å². The molecule has 1 atom stereocenters. The number of hydrogen-bond donors (Lipinski definition) is 2. The Morgan fingerprint density at radius 1 is 1.45 bits per heavy atom. The number of aliphatic carboxylic acids is 1. The second kappa shape index (κ2) is 7.75. The predicted molar refractivity (Wildman–Crippen MR) is 76.2 cm³/mol. The highest BCUT2D eigenvalue weighted by Crippen LogP contribution is 2.23. The van der Waals surface area contributed by atoms with Crippen LogP contribution in [0.2, 0.25) is 5.02 Å². The minimum atomic E-state index is -0.944. The average Bonchev–Trinajstić information content (AvgIpc) is 2.36. The first kappa shape index (κ1) is 16.3. The van der Waals surface area contributed by atoms with Crippen LogP contribution in [-0.4, -0.2) is 30.1 Å². The van der Waals surface area contributed by atoms with Gasteiger partial charge in [-0.3, -0.25) is 9.59 Å². The van der Waals surface area contributed by atoms with Crippen molar-refractivity contribution in [3.05, 3.63) is 28.8 Å². The summed E-state index contributed by atoms with van der Waals surface area (Å²) in [5.41, 5.74) is 0.867. The van der Waals surface area contributed by atoms with Crippen molar-refractivity contribution in [2.45, 2.75) is 32.2 Å². The molecule has 20 heavy (non-hydrogen) atoms. The molecule has 1 unspecified atom stereocenters. The van der Waals surface area contributed by atoms with Crippen LogP contribution in [0.25, 0.3) is 0 Å². The van der Waals surface area contributed by atoms with Gasteiger partial charge in [-0.15, -0.1) is 0 Å². The summed E-state index contributed by atoms with van der Waals surface area (Å²) >= 11 is 6.09. The zero-order valence-corrected chi connectivity index (χ0v) is 12.2. The fourth-order valence-electron chi connectivity index (χ4n) is 1.92. The van der Waals surface area contributed by atoms with E-state index in [2.05, 4.69) is 5.32 Å². The van der Waals surface area contributed by atoms with Crippen molar-refractivity contribution in [1.82, 2.24) is 5.32 Å². The molecule has 0 saturated heterocycles. The molecule has 5 nitrogen and oxygen atoms in total. The van der Waals surface area contributed by atoms with Crippen LogP contribution >= 0.6 is 11.6 Å². The summed E-state index contributed by atoms with van der Waals surface area (Å²) in [7, 11) is 1.57. The molecule has 0 aliphatic rings. The van der Waals surface area contributed by atoms with E-state index in [1.165, 1.54) is 6.92 Å². The number of ether oxygens (including phenoxy) is 1. The molecular formula is C14H18ClNO4. The lowest BCUT2D eigenvalue weighted by Crippen LogP contribution is -2.35. The van der Waals surface area contributed by atoms with Crippen molar-refractivity contribution >= 4 is 23.5 Å². The van der Waals surface area contributed by atoms with Crippen LogP contribution in [0.1, 0.15) is 25.3 Å². The van der Waals surface area contributed by atoms with Crippen molar-refractivity contribution in [3.63, 3.8) is 0 Å². The number of methoxy groups -OCH3 is 1. The summed E-state index contributed by atoms with van der Waals surface area (Å²) in [6, 6.07) is 4.90. The minimum Gasteiger partial charge on any atom is -0.497 e. The van der Waals surface area contributed by atoms with E-state index in [9.17, 15) is 9.59 Å². The van der Waals surface area contributed by atoms with Crippen LogP contribution in [-0.2, 0) is 16.0 Å². The van der Waals surface area contributed by atoms with Gasteiger partial charge >= 0.3 is 5.97 Å². The summed E-state index contributed by atoms with van der Waals surface area (Å²) < 4.78 is 5.12. The smallest absolute Gasteiger partial charge is 0.305 e. The van der Waals surface area contributed by atoms with Gasteiger partial charge in [0.1, 0.15) is 5.75 Å². The number of rotatable bonds is 7. The molecule has 0 bridgehead atoms. The Balaban J connectivity index is 2.70. The van der Waals surface area contributed by atoms with Crippen LogP contribution in [0.3, 0.4) is 0 Å². The molecule has 1 aromatic rings. The molecule has 0 aliphatic heterocycles. The maximum absolute atomic E-state index is 11.1. The van der Waals surface area contributed by atoms with E-state index in [4.69, 9.17) is 21.4 Å². The third-order valence-electron chi connectivity index (χ3n) is 2.84. The predicted octanol–water partition coefficient (Wildman–Crippen LogP) is 2.26. The minimum absolute atomic E-state index is 0.110. The largest absolute Gasteiger partial charge is 0.497 e. The Kier molecular flexibility index (Phi) is 6.31. The van der Waals surface area contributed by atoms with Gasteiger partial charge in [-0.25, -0.2) is 0 Å². The summed E-state index contributed by atoms with van der Waals surface area (Å²) in [4.78, 5) is 21.8. The first-order valence-electron chi connectivity index (χ1n) is 6.23. The van der Waals surface area contributed by atoms with Gasteiger partial charge in [0.05, 0.1) is 13.5 Å². The quantitative estimate of drug-likeness (QED) is 0.810. The Hall–Kier alpha value is -1.75. The van der Waals surface area contributed by atoms with E-state index in [-0.39, 0.29) is 12.3 Å². The van der Waals surface area contributed by atoms with Crippen molar-refractivity contribution in [3.8, 4) is 5.75 Å². The van der Waals surface area contributed by atoms with Crippen LogP contribution < -0.4 is 10.1 Å². The number of nitrogens with one attached hydrogen (secondary N) is 1. The van der Waals surface area contributed by atoms with Crippen LogP contribution in [0.5, 0.6) is 5.75 Å². The molecule has 6 heteroatoms. The maximum atomic E-state index is 11.1. The maximum Gasteiger partial charge on any atom is 0.305 e. The molecule has 1 amide bonds. The number of carboxylic acids is 1. The Morgan fingerprint density at radius 3 is 2.70 bits per heavy atom. The van der Waals surface area contributed by atoms with E-state index in [0.29, 0.717) is 23.6 Å². The summed E-state index contributed by atoms with van der Waals surface area (Å²) in [6.07, 6.45) is 0.953. The monoisotopic (exact) mass is 299 g/mol. The number of benzene rings is 1. The number of carbonyl (C=O) groups is 2. The first-order chi connectivity index (χ1) is 9.42. The molecule has 0 spiro atoms. The van der Waals surface area contributed by atoms with Gasteiger partial charge < -0.3 is 15.2 Å². The lowest BCUT2D eigenvalue weighted by molar-refractivity contribution is -0.137. The number of carboxylic acid groups (broad SMARTS) is 1. The highest BCUT2D eigenvalue weighted by Gasteiger charge is 2.15. The molecule has 0 aliphatic carbocycles. The molecule has 0 heterocycles. The highest BCUT2D eigenvalue weighted by molar-refractivity contribution is 6.31. The normalized spacial score (nSPS) is 11.8. The lowest BCUT2D eigenvalue weighted by atomic mass is 10.0. The Morgan fingerprint density at radius 2 is 2.15 bits per heavy atom. The second-order valence-corrected chi connectivity index (χ2v) is 4.90. The van der Waals surface area contributed by atoms with Crippen molar-refractivity contribution in [1.29, 1.82) is 0 Å². The van der Waals surface area contributed by atoms with E-state index in [1.54, 1.807) is 19.2 Å². The standard InChI is InChI=1S/C14H18ClNO4/c1-9(17)16-11(8-14(18)19)4-3-10-7-12(20-2)5-6-13(10)15/h5-7,11H,3-4,8H2,1-2H3,(H,16,17)(H,18,19). The molecule has 110 valence electrons. The number of halogens is 1. The fraction of sp³-hybridized carbons (Fsp3) is 0.429. The summed E-state index contributed by atoms with van der Waals surface area (Å²) in [5, 5.41) is 12.1. The second-order valence-electron chi connectivity index (χ2n) is 4.49. The van der Waals surface area contributed by atoms with Crippen molar-refractivity contribution in [2.24, 2.45) is 0 Å². The number of carbonyl (C=O) groups excluding carboxylic acids is 1. The van der Waals surface area contributed by atoms with E-state index < -0.39 is 12.0 Å². The van der Waals surface area contributed by atoms with Gasteiger partial charge in [0.15, 0.2) is 0 Å². The van der Waals surface area contributed by atoms with Gasteiger partial charge in [0, 0.05) is 18.0 Å². The topological polar surface area (TPSA) is 75.6 Å². The summed E-state index contributed by atoms with van der Waals surface area (Å²) in [5.74, 6) is -0.493. The molecule has 1 aromatic carbocycles. The molecule has 2 N–H and O–H groups in total. The Bertz CT molecular complexity index is 474. The number of amides is 1. The zero-order chi connectivity index (χ0) is 15.1. The van der Waals surface area contributed by atoms with Gasteiger partial charge in [-0.2, -0.15) is 0 Å². The van der Waals surface area contributed by atoms with E-state index >= 15 is 0 Å². The molecule has 0 saturated carbocycles. The van der Waals surface area contributed by atoms with E-state index in [1.807, 2.05) is 6.07 Å². The first-order valence-corrected chi connectivity index (χ1v) is 6.61. The SMILES string of the molecule is COc1ccc(Cl)c(CCC(CC(=O)O)NC(C)=O)c1. The van der Waals surface area contributed by atoms with Gasteiger partial charge in [-0.05, 0) is 36.6 Å². The Labute approximate surface area is 122 Å². The van der Waals surface area contributed by atoms with Gasteiger partial charge in [0.2, 0.25) is 5.91 Å². The molecular weight excluding hydrogens is 282 g/mol. The van der Waals surface area contributed by atoms with Crippen LogP contribution in [0.15, 0.2) is 18.2 Å². The molecule has 1 rings (SSSR count). The highest BCUT2D eigenvalue weighted by atomic mass is 35.5. The average molecular weight is 300 g/mol. The number of hydrogen-bond acceptors (Lipinski definition) is 3. The third-order valence-corrected chi connectivity index (χ3v) is 3.21. The van der Waals surface area contributed by atoms with Crippen LogP contribution in [0.4, 0.5) is 0 Å². The van der Waals surface area contributed by atoms with Gasteiger partial charge in [-0.1, -0.05) is 11.6 Å². The molecule has 0 aromatic heterocycles. The zero-order valence-electron chi connectivity index (χ0n) is 11.5. The third kappa shape index (κ3) is 5.48.